The molecule has 22 heavy (non-hydrogen) atoms. The highest BCUT2D eigenvalue weighted by molar-refractivity contribution is 5.97. The van der Waals surface area contributed by atoms with Gasteiger partial charge >= 0.3 is 0 Å². The number of fused-ring (bicyclic) bond motifs is 1. The lowest BCUT2D eigenvalue weighted by atomic mass is 10.1. The molecule has 3 aromatic rings. The molecule has 0 amide bonds. The van der Waals surface area contributed by atoms with Crippen LogP contribution in [0.2, 0.25) is 0 Å². The van der Waals surface area contributed by atoms with Crippen molar-refractivity contribution < 1.29 is 0 Å². The summed E-state index contributed by atoms with van der Waals surface area (Å²) in [5.74, 6) is 0. The predicted molar refractivity (Wildman–Crippen MR) is 82.4 cm³/mol. The number of nitrogens with zero attached hydrogens (tertiary/aromatic N) is 3. The Kier molecular flexibility index (Phi) is 2.86. The van der Waals surface area contributed by atoms with E-state index >= 15 is 0 Å². The molecule has 4 rings (SSSR count). The molecule has 0 bridgehead atoms. The van der Waals surface area contributed by atoms with Gasteiger partial charge in [-0.05, 0) is 18.9 Å². The van der Waals surface area contributed by atoms with Crippen molar-refractivity contribution >= 4 is 10.9 Å². The van der Waals surface area contributed by atoms with E-state index < -0.39 is 0 Å². The van der Waals surface area contributed by atoms with Gasteiger partial charge in [-0.25, -0.2) is 0 Å². The first-order chi connectivity index (χ1) is 10.8. The van der Waals surface area contributed by atoms with Gasteiger partial charge in [0.05, 0.1) is 22.2 Å². The normalized spacial score (nSPS) is 15.4. The van der Waals surface area contributed by atoms with Crippen molar-refractivity contribution in [2.75, 3.05) is 0 Å². The zero-order valence-electron chi connectivity index (χ0n) is 12.0. The summed E-state index contributed by atoms with van der Waals surface area (Å²) < 4.78 is 2.12. The zero-order valence-corrected chi connectivity index (χ0v) is 12.0. The highest BCUT2D eigenvalue weighted by Crippen LogP contribution is 2.36. The smallest absolute Gasteiger partial charge is 0.258 e. The van der Waals surface area contributed by atoms with Crippen molar-refractivity contribution in [1.29, 1.82) is 5.26 Å². The molecule has 1 aliphatic carbocycles. The van der Waals surface area contributed by atoms with Crippen LogP contribution in [0.5, 0.6) is 0 Å². The Bertz CT molecular complexity index is 920. The van der Waals surface area contributed by atoms with E-state index in [9.17, 15) is 10.1 Å². The van der Waals surface area contributed by atoms with E-state index in [1.807, 2.05) is 12.3 Å². The monoisotopic (exact) mass is 293 g/mol. The van der Waals surface area contributed by atoms with Gasteiger partial charge in [-0.2, -0.15) is 10.4 Å². The number of aromatic amines is 2. The summed E-state index contributed by atoms with van der Waals surface area (Å²) in [6.07, 6.45) is 9.71. The summed E-state index contributed by atoms with van der Waals surface area (Å²) in [4.78, 5) is 15.1. The minimum Gasteiger partial charge on any atom is -0.342 e. The molecular formula is C16H15N5O. The van der Waals surface area contributed by atoms with Crippen LogP contribution in [0.15, 0.2) is 29.5 Å². The third kappa shape index (κ3) is 1.79. The first-order valence-electron chi connectivity index (χ1n) is 7.45. The van der Waals surface area contributed by atoms with Crippen LogP contribution in [0.1, 0.15) is 37.3 Å². The average molecular weight is 293 g/mol. The van der Waals surface area contributed by atoms with Crippen molar-refractivity contribution in [3.8, 4) is 17.3 Å². The molecule has 1 fully saturated rings. The molecule has 0 radical (unpaired) electrons. The van der Waals surface area contributed by atoms with E-state index in [0.29, 0.717) is 17.0 Å². The van der Waals surface area contributed by atoms with Crippen molar-refractivity contribution in [3.63, 3.8) is 0 Å². The third-order valence-corrected chi connectivity index (χ3v) is 4.49. The van der Waals surface area contributed by atoms with E-state index in [1.54, 1.807) is 6.20 Å². The summed E-state index contributed by atoms with van der Waals surface area (Å²) in [7, 11) is 0. The standard InChI is InChI=1S/C16H15N5O/c17-7-10-8-18-16(22)14-12(13-5-6-19-20-13)9-21(15(10)14)11-3-1-2-4-11/h5-6,8-9,11H,1-4H2,(H,18,22)(H,19,20). The summed E-state index contributed by atoms with van der Waals surface area (Å²) in [6.45, 7) is 0. The van der Waals surface area contributed by atoms with Crippen LogP contribution in [0.3, 0.4) is 0 Å². The van der Waals surface area contributed by atoms with Gasteiger partial charge in [-0.1, -0.05) is 12.8 Å². The van der Waals surface area contributed by atoms with Crippen LogP contribution in [0.25, 0.3) is 22.2 Å². The van der Waals surface area contributed by atoms with Gasteiger partial charge in [0.2, 0.25) is 0 Å². The van der Waals surface area contributed by atoms with E-state index in [0.717, 1.165) is 29.6 Å². The Balaban J connectivity index is 2.09. The molecule has 1 aliphatic rings. The van der Waals surface area contributed by atoms with Gasteiger partial charge in [0.25, 0.3) is 5.56 Å². The maximum Gasteiger partial charge on any atom is 0.258 e. The summed E-state index contributed by atoms with van der Waals surface area (Å²) in [5.41, 5.74) is 2.67. The second-order valence-corrected chi connectivity index (χ2v) is 5.73. The molecule has 2 N–H and O–H groups in total. The van der Waals surface area contributed by atoms with Crippen LogP contribution in [-0.2, 0) is 0 Å². The molecule has 6 heteroatoms. The number of pyridine rings is 1. The number of aromatic nitrogens is 4. The van der Waals surface area contributed by atoms with Gasteiger partial charge < -0.3 is 9.55 Å². The van der Waals surface area contributed by atoms with Gasteiger partial charge in [-0.3, -0.25) is 9.89 Å². The first kappa shape index (κ1) is 12.9. The zero-order chi connectivity index (χ0) is 15.1. The number of hydrogen-bond acceptors (Lipinski definition) is 3. The molecule has 6 nitrogen and oxygen atoms in total. The minimum atomic E-state index is -0.171. The summed E-state index contributed by atoms with van der Waals surface area (Å²) in [5, 5.41) is 16.9. The summed E-state index contributed by atoms with van der Waals surface area (Å²) >= 11 is 0. The Morgan fingerprint density at radius 1 is 1.36 bits per heavy atom. The molecule has 0 spiro atoms. The predicted octanol–water partition coefficient (Wildman–Crippen LogP) is 2.71. The number of H-pyrrole nitrogens is 2. The fourth-order valence-corrected chi connectivity index (χ4v) is 3.47. The Morgan fingerprint density at radius 3 is 2.86 bits per heavy atom. The Hall–Kier alpha value is -2.81. The third-order valence-electron chi connectivity index (χ3n) is 4.49. The fourth-order valence-electron chi connectivity index (χ4n) is 3.47. The van der Waals surface area contributed by atoms with Crippen molar-refractivity contribution in [2.24, 2.45) is 0 Å². The quantitative estimate of drug-likeness (QED) is 0.761. The van der Waals surface area contributed by atoms with Crippen molar-refractivity contribution in [3.05, 3.63) is 40.6 Å². The molecule has 0 atom stereocenters. The number of nitriles is 1. The Morgan fingerprint density at radius 2 is 2.18 bits per heavy atom. The molecule has 0 aromatic carbocycles. The number of rotatable bonds is 2. The van der Waals surface area contributed by atoms with Gasteiger partial charge in [0.15, 0.2) is 0 Å². The first-order valence-corrected chi connectivity index (χ1v) is 7.45. The van der Waals surface area contributed by atoms with E-state index in [1.165, 1.54) is 19.0 Å². The SMILES string of the molecule is N#Cc1c[nH]c(=O)c2c(-c3ccn[nH]3)cn(C3CCCC3)c12. The van der Waals surface area contributed by atoms with Crippen LogP contribution in [0.4, 0.5) is 0 Å². The van der Waals surface area contributed by atoms with E-state index in [-0.39, 0.29) is 5.56 Å². The van der Waals surface area contributed by atoms with Crippen LogP contribution >= 0.6 is 0 Å². The highest BCUT2D eigenvalue weighted by atomic mass is 16.1. The van der Waals surface area contributed by atoms with Crippen molar-refractivity contribution in [2.45, 2.75) is 31.7 Å². The lowest BCUT2D eigenvalue weighted by molar-refractivity contribution is 0.535. The second kappa shape index (κ2) is 4.88. The molecule has 0 saturated heterocycles. The van der Waals surface area contributed by atoms with Crippen molar-refractivity contribution in [1.82, 2.24) is 19.7 Å². The topological polar surface area (TPSA) is 90.3 Å². The van der Waals surface area contributed by atoms with Crippen LogP contribution in [0, 0.1) is 11.3 Å². The molecular weight excluding hydrogens is 278 g/mol. The highest BCUT2D eigenvalue weighted by Gasteiger charge is 2.24. The largest absolute Gasteiger partial charge is 0.342 e. The number of hydrogen-bond donors (Lipinski definition) is 2. The second-order valence-electron chi connectivity index (χ2n) is 5.73. The van der Waals surface area contributed by atoms with Gasteiger partial charge in [-0.15, -0.1) is 0 Å². The number of nitrogens with one attached hydrogen (secondary N) is 2. The molecule has 1 saturated carbocycles. The van der Waals surface area contributed by atoms with Gasteiger partial charge in [0, 0.05) is 30.2 Å². The van der Waals surface area contributed by atoms with Crippen LogP contribution < -0.4 is 5.56 Å². The minimum absolute atomic E-state index is 0.171. The fraction of sp³-hybridized carbons (Fsp3) is 0.312. The lowest BCUT2D eigenvalue weighted by Gasteiger charge is -2.13. The average Bonchev–Trinajstić information content (AvgIpc) is 3.27. The lowest BCUT2D eigenvalue weighted by Crippen LogP contribution is -2.09. The Labute approximate surface area is 126 Å². The molecule has 3 heterocycles. The molecule has 3 aromatic heterocycles. The molecule has 0 unspecified atom stereocenters. The maximum absolute atomic E-state index is 12.4. The van der Waals surface area contributed by atoms with E-state index in [4.69, 9.17) is 0 Å². The molecule has 110 valence electrons. The van der Waals surface area contributed by atoms with Gasteiger partial charge in [0.1, 0.15) is 6.07 Å². The summed E-state index contributed by atoms with van der Waals surface area (Å²) in [6, 6.07) is 4.40. The van der Waals surface area contributed by atoms with E-state index in [2.05, 4.69) is 25.8 Å². The maximum atomic E-state index is 12.4. The van der Waals surface area contributed by atoms with Crippen LogP contribution in [-0.4, -0.2) is 19.7 Å². The molecule has 0 aliphatic heterocycles.